The Hall–Kier alpha value is -2.15. The number of hydrogen-bond acceptors (Lipinski definition) is 3. The van der Waals surface area contributed by atoms with Gasteiger partial charge in [-0.2, -0.15) is 5.10 Å². The van der Waals surface area contributed by atoms with E-state index in [1.165, 1.54) is 18.2 Å². The van der Waals surface area contributed by atoms with E-state index in [4.69, 9.17) is 23.2 Å². The predicted octanol–water partition coefficient (Wildman–Crippen LogP) is 4.03. The number of aromatic nitrogens is 2. The van der Waals surface area contributed by atoms with E-state index >= 15 is 0 Å². The van der Waals surface area contributed by atoms with Crippen molar-refractivity contribution in [1.82, 2.24) is 15.5 Å². The monoisotopic (exact) mass is 419 g/mol. The second-order valence-corrected chi connectivity index (χ2v) is 8.52. The first-order chi connectivity index (χ1) is 13.4. The number of H-pyrrole nitrogens is 1. The Kier molecular flexibility index (Phi) is 3.95. The summed E-state index contributed by atoms with van der Waals surface area (Å²) in [5, 5.41) is 22.5. The van der Waals surface area contributed by atoms with E-state index in [-0.39, 0.29) is 28.8 Å². The maximum Gasteiger partial charge on any atom is 0.251 e. The third-order valence-corrected chi connectivity index (χ3v) is 6.49. The van der Waals surface area contributed by atoms with Gasteiger partial charge in [-0.25, -0.2) is 4.39 Å². The molecule has 2 aliphatic carbocycles. The summed E-state index contributed by atoms with van der Waals surface area (Å²) in [5.41, 5.74) is 0.880. The van der Waals surface area contributed by atoms with Crippen molar-refractivity contribution in [2.24, 2.45) is 11.8 Å². The van der Waals surface area contributed by atoms with E-state index < -0.39 is 11.4 Å². The molecule has 0 spiro atoms. The Bertz CT molecular complexity index is 1100. The normalized spacial score (nSPS) is 28.4. The van der Waals surface area contributed by atoms with Gasteiger partial charge in [0.25, 0.3) is 5.91 Å². The van der Waals surface area contributed by atoms with Crippen molar-refractivity contribution >= 4 is 40.0 Å². The van der Waals surface area contributed by atoms with Crippen LogP contribution in [0.2, 0.25) is 10.0 Å². The molecule has 1 heterocycles. The van der Waals surface area contributed by atoms with Gasteiger partial charge in [-0.05, 0) is 60.6 Å². The number of nitrogens with one attached hydrogen (secondary N) is 2. The van der Waals surface area contributed by atoms with Gasteiger partial charge >= 0.3 is 0 Å². The molecule has 8 heteroatoms. The number of halogens is 3. The summed E-state index contributed by atoms with van der Waals surface area (Å²) in [6.45, 7) is 0. The Balaban J connectivity index is 1.32. The van der Waals surface area contributed by atoms with Crippen LogP contribution in [0.4, 0.5) is 4.39 Å². The van der Waals surface area contributed by atoms with Gasteiger partial charge in [-0.1, -0.05) is 23.2 Å². The first-order valence-corrected chi connectivity index (χ1v) is 9.73. The quantitative estimate of drug-likeness (QED) is 0.599. The maximum absolute atomic E-state index is 13.3. The fraction of sp³-hybridized carbons (Fsp3) is 0.300. The van der Waals surface area contributed by atoms with E-state index in [0.29, 0.717) is 23.4 Å². The van der Waals surface area contributed by atoms with E-state index in [2.05, 4.69) is 15.5 Å². The SMILES string of the molecule is O=C(N[C@H]1[C@@H]2C[C@](O)(c3cc(Cl)cc4[nH]ncc34)C[C@@H]21)c1ccc(F)c(Cl)c1. The summed E-state index contributed by atoms with van der Waals surface area (Å²) in [7, 11) is 0. The molecule has 0 radical (unpaired) electrons. The first-order valence-electron chi connectivity index (χ1n) is 8.97. The Labute approximate surface area is 169 Å². The average Bonchev–Trinajstić information content (AvgIpc) is 3.03. The second-order valence-electron chi connectivity index (χ2n) is 7.68. The van der Waals surface area contributed by atoms with Gasteiger partial charge in [-0.3, -0.25) is 9.89 Å². The van der Waals surface area contributed by atoms with Gasteiger partial charge in [0.2, 0.25) is 0 Å². The minimum absolute atomic E-state index is 0.00405. The number of carbonyl (C=O) groups is 1. The highest BCUT2D eigenvalue weighted by Crippen LogP contribution is 2.60. The largest absolute Gasteiger partial charge is 0.385 e. The van der Waals surface area contributed by atoms with Crippen molar-refractivity contribution in [1.29, 1.82) is 0 Å². The molecule has 144 valence electrons. The Morgan fingerprint density at radius 1 is 1.25 bits per heavy atom. The molecule has 0 aliphatic heterocycles. The van der Waals surface area contributed by atoms with E-state index in [9.17, 15) is 14.3 Å². The fourth-order valence-electron chi connectivity index (χ4n) is 4.57. The van der Waals surface area contributed by atoms with Gasteiger partial charge in [0.15, 0.2) is 0 Å². The molecule has 5 rings (SSSR count). The molecule has 2 fully saturated rings. The fourth-order valence-corrected chi connectivity index (χ4v) is 4.97. The number of nitrogens with zero attached hydrogens (tertiary/aromatic N) is 1. The zero-order valence-corrected chi connectivity index (χ0v) is 16.1. The maximum atomic E-state index is 13.3. The van der Waals surface area contributed by atoms with Crippen LogP contribution >= 0.6 is 23.2 Å². The van der Waals surface area contributed by atoms with Crippen molar-refractivity contribution < 1.29 is 14.3 Å². The second kappa shape index (κ2) is 6.17. The summed E-state index contributed by atoms with van der Waals surface area (Å²) >= 11 is 12.0. The third kappa shape index (κ3) is 2.79. The van der Waals surface area contributed by atoms with Gasteiger partial charge in [0, 0.05) is 22.0 Å². The topological polar surface area (TPSA) is 78.0 Å². The van der Waals surface area contributed by atoms with Gasteiger partial charge < -0.3 is 10.4 Å². The lowest BCUT2D eigenvalue weighted by Crippen LogP contribution is -2.33. The van der Waals surface area contributed by atoms with Gasteiger partial charge in [0.05, 0.1) is 22.3 Å². The Morgan fingerprint density at radius 3 is 2.71 bits per heavy atom. The van der Waals surface area contributed by atoms with E-state index in [0.717, 1.165) is 16.5 Å². The summed E-state index contributed by atoms with van der Waals surface area (Å²) < 4.78 is 13.3. The molecular formula is C20H16Cl2FN3O2. The highest BCUT2D eigenvalue weighted by Gasteiger charge is 2.62. The molecule has 28 heavy (non-hydrogen) atoms. The van der Waals surface area contributed by atoms with Crippen molar-refractivity contribution in [3.05, 3.63) is 63.5 Å². The summed E-state index contributed by atoms with van der Waals surface area (Å²) in [6.07, 6.45) is 2.77. The zero-order valence-electron chi connectivity index (χ0n) is 14.5. The molecule has 3 N–H and O–H groups in total. The van der Waals surface area contributed by atoms with Crippen LogP contribution in [0.3, 0.4) is 0 Å². The number of benzene rings is 2. The summed E-state index contributed by atoms with van der Waals surface area (Å²) in [5.74, 6) is -0.472. The lowest BCUT2D eigenvalue weighted by Gasteiger charge is -2.27. The molecular weight excluding hydrogens is 404 g/mol. The van der Waals surface area contributed by atoms with E-state index in [1.807, 2.05) is 0 Å². The van der Waals surface area contributed by atoms with Crippen LogP contribution < -0.4 is 5.32 Å². The van der Waals surface area contributed by atoms with Crippen molar-refractivity contribution in [2.75, 3.05) is 0 Å². The molecule has 3 aromatic rings. The number of aromatic amines is 1. The summed E-state index contributed by atoms with van der Waals surface area (Å²) in [6, 6.07) is 7.48. The number of amides is 1. The minimum atomic E-state index is -0.997. The highest BCUT2D eigenvalue weighted by atomic mass is 35.5. The van der Waals surface area contributed by atoms with Crippen LogP contribution in [0.1, 0.15) is 28.8 Å². The van der Waals surface area contributed by atoms with Gasteiger partial charge in [0.1, 0.15) is 5.82 Å². The average molecular weight is 420 g/mol. The lowest BCUT2D eigenvalue weighted by atomic mass is 9.86. The molecule has 2 saturated carbocycles. The van der Waals surface area contributed by atoms with Crippen LogP contribution in [0, 0.1) is 17.7 Å². The predicted molar refractivity (Wildman–Crippen MR) is 104 cm³/mol. The number of hydrogen-bond donors (Lipinski definition) is 3. The Morgan fingerprint density at radius 2 is 2.00 bits per heavy atom. The molecule has 0 saturated heterocycles. The molecule has 1 aromatic heterocycles. The molecule has 5 nitrogen and oxygen atoms in total. The number of rotatable bonds is 3. The highest BCUT2D eigenvalue weighted by molar-refractivity contribution is 6.31. The van der Waals surface area contributed by atoms with Crippen LogP contribution in [-0.4, -0.2) is 27.3 Å². The third-order valence-electron chi connectivity index (χ3n) is 5.98. The van der Waals surface area contributed by atoms with Crippen LogP contribution in [0.15, 0.2) is 36.5 Å². The van der Waals surface area contributed by atoms with Crippen molar-refractivity contribution in [3.8, 4) is 0 Å². The lowest BCUT2D eigenvalue weighted by molar-refractivity contribution is 0.0293. The van der Waals surface area contributed by atoms with E-state index in [1.54, 1.807) is 18.3 Å². The van der Waals surface area contributed by atoms with Crippen molar-refractivity contribution in [2.45, 2.75) is 24.5 Å². The number of fused-ring (bicyclic) bond motifs is 2. The number of aliphatic hydroxyl groups is 1. The molecule has 1 amide bonds. The zero-order chi connectivity index (χ0) is 19.6. The smallest absolute Gasteiger partial charge is 0.251 e. The van der Waals surface area contributed by atoms with Crippen LogP contribution in [0.5, 0.6) is 0 Å². The standard InChI is InChI=1S/C20H16Cl2FN3O2/c21-10-4-14(13-8-24-26-17(13)5-10)20(28)6-11-12(7-20)18(11)25-19(27)9-1-2-16(23)15(22)3-9/h1-5,8,11-12,18,28H,6-7H2,(H,24,26)(H,25,27)/t11-,12+,18+,20-. The molecule has 0 bridgehead atoms. The molecule has 0 unspecified atom stereocenters. The minimum Gasteiger partial charge on any atom is -0.385 e. The molecule has 2 aromatic carbocycles. The molecule has 2 aliphatic rings. The van der Waals surface area contributed by atoms with Gasteiger partial charge in [-0.15, -0.1) is 0 Å². The van der Waals surface area contributed by atoms with Crippen LogP contribution in [0.25, 0.3) is 10.9 Å². The molecule has 4 atom stereocenters. The van der Waals surface area contributed by atoms with Crippen molar-refractivity contribution in [3.63, 3.8) is 0 Å². The summed E-state index contributed by atoms with van der Waals surface area (Å²) in [4.78, 5) is 12.4. The van der Waals surface area contributed by atoms with Crippen LogP contribution in [-0.2, 0) is 5.60 Å². The number of carbonyl (C=O) groups excluding carboxylic acids is 1. The first kappa shape index (κ1) is 17.9.